The Kier molecular flexibility index (Phi) is 5.28. The minimum Gasteiger partial charge on any atom is -0.309 e. The van der Waals surface area contributed by atoms with Crippen molar-refractivity contribution in [2.24, 2.45) is 0 Å². The fourth-order valence-electron chi connectivity index (χ4n) is 1.51. The van der Waals surface area contributed by atoms with Gasteiger partial charge in [-0.25, -0.2) is 0 Å². The summed E-state index contributed by atoms with van der Waals surface area (Å²) in [6, 6.07) is 6.87. The van der Waals surface area contributed by atoms with Gasteiger partial charge in [-0.15, -0.1) is 0 Å². The Morgan fingerprint density at radius 3 is 2.81 bits per heavy atom. The molecule has 0 aliphatic heterocycles. The van der Waals surface area contributed by atoms with Gasteiger partial charge < -0.3 is 5.32 Å². The van der Waals surface area contributed by atoms with Crippen molar-refractivity contribution in [1.82, 2.24) is 5.32 Å². The summed E-state index contributed by atoms with van der Waals surface area (Å²) in [5.74, 6) is 1.00. The van der Waals surface area contributed by atoms with Gasteiger partial charge in [0.05, 0.1) is 4.92 Å². The van der Waals surface area contributed by atoms with Gasteiger partial charge in [0.15, 0.2) is 0 Å². The Morgan fingerprint density at radius 2 is 2.19 bits per heavy atom. The molecule has 0 heterocycles. The Bertz CT molecular complexity index is 358. The zero-order chi connectivity index (χ0) is 12.0. The molecule has 1 aromatic carbocycles. The minimum absolute atomic E-state index is 0.00810. The van der Waals surface area contributed by atoms with Gasteiger partial charge in [-0.1, -0.05) is 18.2 Å². The van der Waals surface area contributed by atoms with E-state index in [0.717, 1.165) is 17.9 Å². The molecule has 0 aliphatic rings. The molecule has 4 nitrogen and oxygen atoms in total. The summed E-state index contributed by atoms with van der Waals surface area (Å²) in [5, 5.41) is 14.1. The first-order chi connectivity index (χ1) is 7.66. The maximum atomic E-state index is 10.8. The highest BCUT2D eigenvalue weighted by atomic mass is 32.2. The molecule has 0 spiro atoms. The predicted octanol–water partition coefficient (Wildman–Crippen LogP) is 2.61. The summed E-state index contributed by atoms with van der Waals surface area (Å²) in [7, 11) is 0. The molecule has 5 heteroatoms. The van der Waals surface area contributed by atoms with Gasteiger partial charge in [0.2, 0.25) is 0 Å². The van der Waals surface area contributed by atoms with Crippen LogP contribution in [0.4, 0.5) is 5.69 Å². The van der Waals surface area contributed by atoms with Gasteiger partial charge in [0, 0.05) is 30.0 Å². The lowest BCUT2D eigenvalue weighted by atomic mass is 10.1. The standard InChI is InChI=1S/C11H16N2O2S/c1-9(12-7-8-16-2)10-5-3-4-6-11(10)13(14)15/h3-6,9,12H,7-8H2,1-2H3. The molecular weight excluding hydrogens is 224 g/mol. The highest BCUT2D eigenvalue weighted by Gasteiger charge is 2.16. The third-order valence-electron chi connectivity index (χ3n) is 2.36. The number of nitro groups is 1. The summed E-state index contributed by atoms with van der Waals surface area (Å²) in [6.45, 7) is 2.80. The quantitative estimate of drug-likeness (QED) is 0.472. The van der Waals surface area contributed by atoms with E-state index < -0.39 is 0 Å². The largest absolute Gasteiger partial charge is 0.309 e. The van der Waals surface area contributed by atoms with Crippen LogP contribution >= 0.6 is 11.8 Å². The SMILES string of the molecule is CSCCNC(C)c1ccccc1[N+](=O)[O-]. The topological polar surface area (TPSA) is 55.2 Å². The first-order valence-corrected chi connectivity index (χ1v) is 6.52. The average molecular weight is 240 g/mol. The first-order valence-electron chi connectivity index (χ1n) is 5.12. The highest BCUT2D eigenvalue weighted by molar-refractivity contribution is 7.98. The number of nitrogens with zero attached hydrogens (tertiary/aromatic N) is 1. The van der Waals surface area contributed by atoms with E-state index in [-0.39, 0.29) is 16.7 Å². The van der Waals surface area contributed by atoms with E-state index >= 15 is 0 Å². The summed E-state index contributed by atoms with van der Waals surface area (Å²) in [5.41, 5.74) is 0.931. The van der Waals surface area contributed by atoms with E-state index in [4.69, 9.17) is 0 Å². The second-order valence-electron chi connectivity index (χ2n) is 3.48. The smallest absolute Gasteiger partial charge is 0.274 e. The van der Waals surface area contributed by atoms with Crippen LogP contribution in [0, 0.1) is 10.1 Å². The van der Waals surface area contributed by atoms with Crippen LogP contribution in [0.3, 0.4) is 0 Å². The second kappa shape index (κ2) is 6.50. The lowest BCUT2D eigenvalue weighted by molar-refractivity contribution is -0.385. The van der Waals surface area contributed by atoms with E-state index in [9.17, 15) is 10.1 Å². The van der Waals surface area contributed by atoms with Crippen molar-refractivity contribution in [3.8, 4) is 0 Å². The maximum absolute atomic E-state index is 10.8. The number of hydrogen-bond donors (Lipinski definition) is 1. The van der Waals surface area contributed by atoms with Gasteiger partial charge in [0.1, 0.15) is 0 Å². The average Bonchev–Trinajstić information content (AvgIpc) is 2.29. The van der Waals surface area contributed by atoms with E-state index in [1.54, 1.807) is 30.0 Å². The molecule has 1 atom stereocenters. The molecule has 0 aliphatic carbocycles. The van der Waals surface area contributed by atoms with Gasteiger partial charge in [-0.2, -0.15) is 11.8 Å². The van der Waals surface area contributed by atoms with Gasteiger partial charge in [-0.3, -0.25) is 10.1 Å². The van der Waals surface area contributed by atoms with Crippen molar-refractivity contribution < 1.29 is 4.92 Å². The summed E-state index contributed by atoms with van der Waals surface area (Å²) in [4.78, 5) is 10.5. The Balaban J connectivity index is 2.74. The lowest BCUT2D eigenvalue weighted by Gasteiger charge is -2.13. The third-order valence-corrected chi connectivity index (χ3v) is 2.97. The summed E-state index contributed by atoms with van der Waals surface area (Å²) in [6.07, 6.45) is 2.04. The van der Waals surface area contributed by atoms with Crippen LogP contribution in [0.25, 0.3) is 0 Å². The summed E-state index contributed by atoms with van der Waals surface area (Å²) < 4.78 is 0. The Labute approximate surface area is 99.6 Å². The lowest BCUT2D eigenvalue weighted by Crippen LogP contribution is -2.22. The molecule has 0 saturated heterocycles. The number of nitro benzene ring substituents is 1. The minimum atomic E-state index is -0.331. The van der Waals surface area contributed by atoms with E-state index in [1.807, 2.05) is 19.2 Å². The van der Waals surface area contributed by atoms with Crippen molar-refractivity contribution >= 4 is 17.4 Å². The first kappa shape index (κ1) is 13.0. The normalized spacial score (nSPS) is 12.4. The molecule has 1 rings (SSSR count). The number of thioether (sulfide) groups is 1. The molecule has 88 valence electrons. The molecule has 0 amide bonds. The van der Waals surface area contributed by atoms with Crippen LogP contribution in [-0.4, -0.2) is 23.5 Å². The Morgan fingerprint density at radius 1 is 1.50 bits per heavy atom. The predicted molar refractivity (Wildman–Crippen MR) is 67.9 cm³/mol. The maximum Gasteiger partial charge on any atom is 0.274 e. The number of hydrogen-bond acceptors (Lipinski definition) is 4. The van der Waals surface area contributed by atoms with Crippen molar-refractivity contribution in [2.45, 2.75) is 13.0 Å². The summed E-state index contributed by atoms with van der Waals surface area (Å²) >= 11 is 1.75. The molecule has 0 radical (unpaired) electrons. The van der Waals surface area contributed by atoms with Crippen LogP contribution in [0.15, 0.2) is 24.3 Å². The third kappa shape index (κ3) is 3.50. The van der Waals surface area contributed by atoms with E-state index in [0.29, 0.717) is 0 Å². The molecule has 1 unspecified atom stereocenters. The van der Waals surface area contributed by atoms with Gasteiger partial charge >= 0.3 is 0 Å². The fourth-order valence-corrected chi connectivity index (χ4v) is 1.83. The van der Waals surface area contributed by atoms with Crippen molar-refractivity contribution in [1.29, 1.82) is 0 Å². The van der Waals surface area contributed by atoms with Crippen LogP contribution in [0.5, 0.6) is 0 Å². The number of rotatable bonds is 6. The number of benzene rings is 1. The fraction of sp³-hybridized carbons (Fsp3) is 0.455. The molecule has 1 N–H and O–H groups in total. The Hall–Kier alpha value is -1.07. The molecular formula is C11H16N2O2S. The van der Waals surface area contributed by atoms with E-state index in [2.05, 4.69) is 5.32 Å². The van der Waals surface area contributed by atoms with Crippen LogP contribution in [0.1, 0.15) is 18.5 Å². The zero-order valence-electron chi connectivity index (χ0n) is 9.47. The zero-order valence-corrected chi connectivity index (χ0v) is 10.3. The van der Waals surface area contributed by atoms with Crippen molar-refractivity contribution in [3.63, 3.8) is 0 Å². The van der Waals surface area contributed by atoms with Crippen LogP contribution in [0.2, 0.25) is 0 Å². The molecule has 0 fully saturated rings. The second-order valence-corrected chi connectivity index (χ2v) is 4.47. The van der Waals surface area contributed by atoms with Gasteiger partial charge in [0.25, 0.3) is 5.69 Å². The van der Waals surface area contributed by atoms with Gasteiger partial charge in [-0.05, 0) is 13.2 Å². The molecule has 0 saturated carbocycles. The molecule has 1 aromatic rings. The molecule has 16 heavy (non-hydrogen) atoms. The highest BCUT2D eigenvalue weighted by Crippen LogP contribution is 2.24. The monoisotopic (exact) mass is 240 g/mol. The molecule has 0 bridgehead atoms. The number of nitrogens with one attached hydrogen (secondary N) is 1. The number of para-hydroxylation sites is 1. The molecule has 0 aromatic heterocycles. The van der Waals surface area contributed by atoms with Crippen LogP contribution < -0.4 is 5.32 Å². The van der Waals surface area contributed by atoms with Crippen LogP contribution in [-0.2, 0) is 0 Å². The van der Waals surface area contributed by atoms with Crippen molar-refractivity contribution in [2.75, 3.05) is 18.6 Å². The van der Waals surface area contributed by atoms with E-state index in [1.165, 1.54) is 0 Å². The van der Waals surface area contributed by atoms with Crippen molar-refractivity contribution in [3.05, 3.63) is 39.9 Å².